The SMILES string of the molecule is O=[N+]([O-])c1cccc(-c2noc(CNc3ccc(-c4ccccc4)cc3)n2)c1. The molecule has 1 heterocycles. The lowest BCUT2D eigenvalue weighted by molar-refractivity contribution is -0.384. The third-order valence-corrected chi connectivity index (χ3v) is 4.22. The lowest BCUT2D eigenvalue weighted by atomic mass is 10.1. The quantitative estimate of drug-likeness (QED) is 0.381. The molecule has 4 rings (SSSR count). The van der Waals surface area contributed by atoms with Gasteiger partial charge in [-0.3, -0.25) is 10.1 Å². The Kier molecular flexibility index (Phi) is 4.79. The van der Waals surface area contributed by atoms with Crippen LogP contribution in [-0.4, -0.2) is 15.1 Å². The highest BCUT2D eigenvalue weighted by molar-refractivity contribution is 5.66. The summed E-state index contributed by atoms with van der Waals surface area (Å²) in [5, 5.41) is 18.0. The summed E-state index contributed by atoms with van der Waals surface area (Å²) in [6.45, 7) is 0.354. The van der Waals surface area contributed by atoms with E-state index in [2.05, 4.69) is 27.6 Å². The molecule has 0 fully saturated rings. The Hall–Kier alpha value is -4.00. The zero-order valence-electron chi connectivity index (χ0n) is 14.8. The monoisotopic (exact) mass is 372 g/mol. The van der Waals surface area contributed by atoms with E-state index in [-0.39, 0.29) is 5.69 Å². The summed E-state index contributed by atoms with van der Waals surface area (Å²) in [5.74, 6) is 0.716. The second-order valence-electron chi connectivity index (χ2n) is 6.12. The van der Waals surface area contributed by atoms with E-state index in [1.165, 1.54) is 12.1 Å². The summed E-state index contributed by atoms with van der Waals surface area (Å²) in [6.07, 6.45) is 0. The van der Waals surface area contributed by atoms with E-state index >= 15 is 0 Å². The molecule has 28 heavy (non-hydrogen) atoms. The van der Waals surface area contributed by atoms with Crippen molar-refractivity contribution in [2.45, 2.75) is 6.54 Å². The minimum absolute atomic E-state index is 0.0134. The second-order valence-corrected chi connectivity index (χ2v) is 6.12. The summed E-state index contributed by atoms with van der Waals surface area (Å²) in [6, 6.07) is 24.3. The number of nitrogens with one attached hydrogen (secondary N) is 1. The normalized spacial score (nSPS) is 10.6. The molecule has 0 radical (unpaired) electrons. The molecule has 0 bridgehead atoms. The predicted octanol–water partition coefficient (Wildman–Crippen LogP) is 4.92. The van der Waals surface area contributed by atoms with E-state index in [4.69, 9.17) is 4.52 Å². The highest BCUT2D eigenvalue weighted by atomic mass is 16.6. The molecule has 0 aliphatic heterocycles. The van der Waals surface area contributed by atoms with Gasteiger partial charge in [0.25, 0.3) is 5.69 Å². The number of anilines is 1. The van der Waals surface area contributed by atoms with Crippen molar-refractivity contribution in [3.63, 3.8) is 0 Å². The van der Waals surface area contributed by atoms with Gasteiger partial charge in [-0.15, -0.1) is 0 Å². The van der Waals surface area contributed by atoms with E-state index in [1.54, 1.807) is 12.1 Å². The van der Waals surface area contributed by atoms with Crippen molar-refractivity contribution < 1.29 is 9.45 Å². The van der Waals surface area contributed by atoms with Crippen LogP contribution in [0.2, 0.25) is 0 Å². The van der Waals surface area contributed by atoms with Crippen LogP contribution in [-0.2, 0) is 6.54 Å². The molecule has 0 saturated carbocycles. The van der Waals surface area contributed by atoms with Crippen LogP contribution in [0.5, 0.6) is 0 Å². The molecule has 7 nitrogen and oxygen atoms in total. The van der Waals surface area contributed by atoms with Crippen LogP contribution in [0.25, 0.3) is 22.5 Å². The van der Waals surface area contributed by atoms with Gasteiger partial charge in [0.1, 0.15) is 0 Å². The molecule has 0 aliphatic carbocycles. The fourth-order valence-electron chi connectivity index (χ4n) is 2.79. The van der Waals surface area contributed by atoms with Gasteiger partial charge in [-0.2, -0.15) is 4.98 Å². The third kappa shape index (κ3) is 3.88. The van der Waals surface area contributed by atoms with Crippen molar-refractivity contribution in [3.8, 4) is 22.5 Å². The highest BCUT2D eigenvalue weighted by Crippen LogP contribution is 2.23. The first-order chi connectivity index (χ1) is 13.7. The lowest BCUT2D eigenvalue weighted by Gasteiger charge is -2.05. The average Bonchev–Trinajstić information content (AvgIpc) is 3.22. The molecule has 0 unspecified atom stereocenters. The minimum atomic E-state index is -0.453. The van der Waals surface area contributed by atoms with Gasteiger partial charge in [0.2, 0.25) is 11.7 Å². The van der Waals surface area contributed by atoms with Crippen LogP contribution in [0.1, 0.15) is 5.89 Å². The highest BCUT2D eigenvalue weighted by Gasteiger charge is 2.12. The standard InChI is InChI=1S/C21H16N4O3/c26-25(27)19-8-4-7-17(13-19)21-23-20(28-24-21)14-22-18-11-9-16(10-12-18)15-5-2-1-3-6-15/h1-13,22H,14H2. The van der Waals surface area contributed by atoms with Crippen LogP contribution in [0, 0.1) is 10.1 Å². The summed E-state index contributed by atoms with van der Waals surface area (Å²) < 4.78 is 5.24. The van der Waals surface area contributed by atoms with Gasteiger partial charge in [-0.25, -0.2) is 0 Å². The first-order valence-electron chi connectivity index (χ1n) is 8.66. The molecule has 1 N–H and O–H groups in total. The van der Waals surface area contributed by atoms with Crippen molar-refractivity contribution in [1.82, 2.24) is 10.1 Å². The number of benzene rings is 3. The Morgan fingerprint density at radius 1 is 0.893 bits per heavy atom. The first kappa shape index (κ1) is 17.4. The minimum Gasteiger partial charge on any atom is -0.376 e. The number of aromatic nitrogens is 2. The van der Waals surface area contributed by atoms with Crippen LogP contribution >= 0.6 is 0 Å². The van der Waals surface area contributed by atoms with Gasteiger partial charge < -0.3 is 9.84 Å². The van der Waals surface area contributed by atoms with Gasteiger partial charge in [0.15, 0.2) is 0 Å². The van der Waals surface area contributed by atoms with Crippen molar-refractivity contribution in [2.75, 3.05) is 5.32 Å². The Morgan fingerprint density at radius 3 is 2.36 bits per heavy atom. The van der Waals surface area contributed by atoms with Gasteiger partial charge in [0.05, 0.1) is 11.5 Å². The van der Waals surface area contributed by atoms with Gasteiger partial charge in [0, 0.05) is 23.4 Å². The Morgan fingerprint density at radius 2 is 1.61 bits per heavy atom. The van der Waals surface area contributed by atoms with Crippen LogP contribution in [0.4, 0.5) is 11.4 Å². The summed E-state index contributed by atoms with van der Waals surface area (Å²) in [7, 11) is 0. The molecular formula is C21H16N4O3. The van der Waals surface area contributed by atoms with E-state index in [9.17, 15) is 10.1 Å². The summed E-state index contributed by atoms with van der Waals surface area (Å²) >= 11 is 0. The Balaban J connectivity index is 1.42. The van der Waals surface area contributed by atoms with E-state index in [1.807, 2.05) is 42.5 Å². The fraction of sp³-hybridized carbons (Fsp3) is 0.0476. The zero-order chi connectivity index (χ0) is 19.3. The molecule has 138 valence electrons. The molecule has 0 spiro atoms. The van der Waals surface area contributed by atoms with E-state index in [0.29, 0.717) is 23.8 Å². The smallest absolute Gasteiger partial charge is 0.270 e. The van der Waals surface area contributed by atoms with E-state index < -0.39 is 4.92 Å². The molecule has 0 amide bonds. The second kappa shape index (κ2) is 7.71. The van der Waals surface area contributed by atoms with Gasteiger partial charge in [-0.05, 0) is 23.3 Å². The van der Waals surface area contributed by atoms with Crippen LogP contribution < -0.4 is 5.32 Å². The largest absolute Gasteiger partial charge is 0.376 e. The van der Waals surface area contributed by atoms with Crippen LogP contribution in [0.15, 0.2) is 83.4 Å². The number of non-ortho nitro benzene ring substituents is 1. The molecular weight excluding hydrogens is 356 g/mol. The maximum Gasteiger partial charge on any atom is 0.270 e. The molecule has 0 aliphatic rings. The summed E-state index contributed by atoms with van der Waals surface area (Å²) in [4.78, 5) is 14.7. The molecule has 0 atom stereocenters. The molecule has 4 aromatic rings. The maximum atomic E-state index is 10.9. The van der Waals surface area contributed by atoms with Crippen molar-refractivity contribution in [2.24, 2.45) is 0 Å². The van der Waals surface area contributed by atoms with Crippen molar-refractivity contribution in [1.29, 1.82) is 0 Å². The number of hydrogen-bond donors (Lipinski definition) is 1. The first-order valence-corrected chi connectivity index (χ1v) is 8.66. The Bertz CT molecular complexity index is 1090. The number of nitrogens with zero attached hydrogens (tertiary/aromatic N) is 3. The lowest BCUT2D eigenvalue weighted by Crippen LogP contribution is -1.99. The molecule has 1 aromatic heterocycles. The van der Waals surface area contributed by atoms with Crippen molar-refractivity contribution in [3.05, 3.63) is 94.9 Å². The Labute approximate surface area is 160 Å². The van der Waals surface area contributed by atoms with E-state index in [0.717, 1.165) is 16.8 Å². The number of rotatable bonds is 6. The van der Waals surface area contributed by atoms with Gasteiger partial charge in [-0.1, -0.05) is 59.8 Å². The number of nitro groups is 1. The van der Waals surface area contributed by atoms with Gasteiger partial charge >= 0.3 is 0 Å². The summed E-state index contributed by atoms with van der Waals surface area (Å²) in [5.41, 5.74) is 3.75. The molecule has 7 heteroatoms. The number of hydrogen-bond acceptors (Lipinski definition) is 6. The predicted molar refractivity (Wildman–Crippen MR) is 106 cm³/mol. The number of nitro benzene ring substituents is 1. The zero-order valence-corrected chi connectivity index (χ0v) is 14.8. The van der Waals surface area contributed by atoms with Crippen molar-refractivity contribution >= 4 is 11.4 Å². The third-order valence-electron chi connectivity index (χ3n) is 4.22. The fourth-order valence-corrected chi connectivity index (χ4v) is 2.79. The van der Waals surface area contributed by atoms with Crippen LogP contribution in [0.3, 0.4) is 0 Å². The molecule has 3 aromatic carbocycles. The maximum absolute atomic E-state index is 10.9. The molecule has 0 saturated heterocycles. The average molecular weight is 372 g/mol. The topological polar surface area (TPSA) is 94.1 Å².